The molecule has 2 unspecified atom stereocenters. The zero-order valence-corrected chi connectivity index (χ0v) is 12.0. The van der Waals surface area contributed by atoms with Crippen LogP contribution in [0.25, 0.3) is 0 Å². The van der Waals surface area contributed by atoms with Crippen molar-refractivity contribution in [2.45, 2.75) is 39.2 Å². The number of hydrogen-bond acceptors (Lipinski definition) is 5. The smallest absolute Gasteiger partial charge is 0.253 e. The number of nitrogens with one attached hydrogen (secondary N) is 1. The molecule has 1 aliphatic rings. The molecule has 1 amide bonds. The number of ketones is 1. The number of carbonyl (C=O) groups is 2. The van der Waals surface area contributed by atoms with E-state index in [2.05, 4.69) is 12.2 Å². The van der Waals surface area contributed by atoms with Gasteiger partial charge in [0.2, 0.25) is 0 Å². The molecular weight excluding hydrogens is 262 g/mol. The number of rotatable bonds is 6. The van der Waals surface area contributed by atoms with Gasteiger partial charge in [-0.2, -0.15) is 0 Å². The van der Waals surface area contributed by atoms with Crippen LogP contribution in [-0.4, -0.2) is 17.7 Å². The van der Waals surface area contributed by atoms with Crippen molar-refractivity contribution in [1.82, 2.24) is 0 Å². The van der Waals surface area contributed by atoms with Crippen molar-refractivity contribution in [1.29, 1.82) is 0 Å². The molecule has 2 rings (SSSR count). The van der Waals surface area contributed by atoms with Gasteiger partial charge >= 0.3 is 0 Å². The van der Waals surface area contributed by atoms with Crippen LogP contribution in [0.1, 0.15) is 53.1 Å². The van der Waals surface area contributed by atoms with Crippen LogP contribution in [0.3, 0.4) is 0 Å². The van der Waals surface area contributed by atoms with Gasteiger partial charge in [0.25, 0.3) is 5.91 Å². The molecule has 1 saturated carbocycles. The summed E-state index contributed by atoms with van der Waals surface area (Å²) in [6.07, 6.45) is 3.42. The Kier molecular flexibility index (Phi) is 3.80. The van der Waals surface area contributed by atoms with E-state index in [9.17, 15) is 9.59 Å². The predicted molar refractivity (Wildman–Crippen MR) is 77.7 cm³/mol. The first-order chi connectivity index (χ1) is 8.95. The van der Waals surface area contributed by atoms with E-state index in [1.807, 2.05) is 0 Å². The van der Waals surface area contributed by atoms with Crippen molar-refractivity contribution < 1.29 is 9.59 Å². The number of nitrogen functional groups attached to an aromatic ring is 1. The Morgan fingerprint density at radius 1 is 1.47 bits per heavy atom. The Morgan fingerprint density at radius 3 is 2.68 bits per heavy atom. The van der Waals surface area contributed by atoms with Crippen molar-refractivity contribution in [3.63, 3.8) is 0 Å². The van der Waals surface area contributed by atoms with E-state index in [1.165, 1.54) is 24.7 Å². The highest BCUT2D eigenvalue weighted by atomic mass is 32.1. The summed E-state index contributed by atoms with van der Waals surface area (Å²) in [6, 6.07) is 0.371. The summed E-state index contributed by atoms with van der Waals surface area (Å²) in [5, 5.41) is 3.94. The lowest BCUT2D eigenvalue weighted by Crippen LogP contribution is -2.16. The maximum absolute atomic E-state index is 11.5. The number of nitrogens with two attached hydrogens (primary N) is 2. The maximum atomic E-state index is 11.5. The largest absolute Gasteiger partial charge is 0.397 e. The summed E-state index contributed by atoms with van der Waals surface area (Å²) in [6.45, 7) is 3.59. The fraction of sp³-hybridized carbons (Fsp3) is 0.538. The Hall–Kier alpha value is -1.56. The molecule has 0 aromatic carbocycles. The topological polar surface area (TPSA) is 98.2 Å². The molecule has 0 spiro atoms. The maximum Gasteiger partial charge on any atom is 0.253 e. The molecule has 0 saturated heterocycles. The van der Waals surface area contributed by atoms with Crippen LogP contribution in [0, 0.1) is 5.92 Å². The summed E-state index contributed by atoms with van der Waals surface area (Å²) in [4.78, 5) is 23.4. The molecule has 6 heteroatoms. The fourth-order valence-corrected chi connectivity index (χ4v) is 3.42. The summed E-state index contributed by atoms with van der Waals surface area (Å²) in [7, 11) is 0. The first kappa shape index (κ1) is 13.9. The lowest BCUT2D eigenvalue weighted by atomic mass is 10.2. The average Bonchev–Trinajstić information content (AvgIpc) is 2.93. The van der Waals surface area contributed by atoms with Crippen molar-refractivity contribution in [3.05, 3.63) is 10.4 Å². The third-order valence-corrected chi connectivity index (χ3v) is 4.65. The van der Waals surface area contributed by atoms with Gasteiger partial charge in [0, 0.05) is 13.0 Å². The molecule has 1 aliphatic carbocycles. The van der Waals surface area contributed by atoms with Gasteiger partial charge in [-0.15, -0.1) is 11.3 Å². The number of amides is 1. The second kappa shape index (κ2) is 5.21. The van der Waals surface area contributed by atoms with Gasteiger partial charge in [-0.25, -0.2) is 0 Å². The molecule has 19 heavy (non-hydrogen) atoms. The molecule has 0 bridgehead atoms. The second-order valence-electron chi connectivity index (χ2n) is 5.00. The lowest BCUT2D eigenvalue weighted by molar-refractivity contribution is 0.100. The predicted octanol–water partition coefficient (Wildman–Crippen LogP) is 2.23. The zero-order chi connectivity index (χ0) is 14.2. The highest BCUT2D eigenvalue weighted by Gasteiger charge is 2.37. The number of primary amides is 1. The van der Waals surface area contributed by atoms with E-state index in [0.717, 1.165) is 12.8 Å². The summed E-state index contributed by atoms with van der Waals surface area (Å²) < 4.78 is 0. The molecule has 1 aromatic heterocycles. The lowest BCUT2D eigenvalue weighted by Gasteiger charge is -2.05. The van der Waals surface area contributed by atoms with Crippen LogP contribution in [0.2, 0.25) is 0 Å². The minimum Gasteiger partial charge on any atom is -0.397 e. The second-order valence-corrected chi connectivity index (χ2v) is 6.03. The molecule has 5 N–H and O–H groups in total. The highest BCUT2D eigenvalue weighted by molar-refractivity contribution is 7.19. The van der Waals surface area contributed by atoms with Crippen LogP contribution >= 0.6 is 11.3 Å². The van der Waals surface area contributed by atoms with Gasteiger partial charge < -0.3 is 16.8 Å². The molecule has 1 heterocycles. The summed E-state index contributed by atoms with van der Waals surface area (Å²) in [5.41, 5.74) is 11.7. The van der Waals surface area contributed by atoms with E-state index in [0.29, 0.717) is 21.8 Å². The molecule has 0 radical (unpaired) electrons. The van der Waals surface area contributed by atoms with Crippen molar-refractivity contribution in [2.75, 3.05) is 11.1 Å². The van der Waals surface area contributed by atoms with E-state index in [-0.39, 0.29) is 17.0 Å². The molecular formula is C13H19N3O2S. The van der Waals surface area contributed by atoms with Crippen LogP contribution in [0.5, 0.6) is 0 Å². The minimum atomic E-state index is -0.587. The average molecular weight is 281 g/mol. The number of hydrogen-bond donors (Lipinski definition) is 3. The molecule has 104 valence electrons. The number of Topliss-reactive ketones (excluding diaryl/α,β-unsaturated/α-hetero) is 1. The van der Waals surface area contributed by atoms with Gasteiger partial charge in [0.1, 0.15) is 5.00 Å². The summed E-state index contributed by atoms with van der Waals surface area (Å²) in [5.74, 6) is -0.0785. The van der Waals surface area contributed by atoms with Crippen LogP contribution in [0.15, 0.2) is 0 Å². The Balaban J connectivity index is 2.22. The van der Waals surface area contributed by atoms with Crippen molar-refractivity contribution >= 4 is 33.7 Å². The standard InChI is InChI=1S/C13H19N3O2S/c1-3-4-7-5-8(7)16-13-9(12(15)18)10(14)11(19-13)6(2)17/h7-8,16H,3-5,14H2,1-2H3,(H2,15,18). The minimum absolute atomic E-state index is 0.140. The van der Waals surface area contributed by atoms with Crippen LogP contribution in [-0.2, 0) is 0 Å². The highest BCUT2D eigenvalue weighted by Crippen LogP contribution is 2.42. The number of thiophene rings is 1. The van der Waals surface area contributed by atoms with Crippen LogP contribution in [0.4, 0.5) is 10.7 Å². The molecule has 5 nitrogen and oxygen atoms in total. The van der Waals surface area contributed by atoms with Crippen molar-refractivity contribution in [2.24, 2.45) is 11.7 Å². The number of anilines is 2. The van der Waals surface area contributed by atoms with E-state index in [4.69, 9.17) is 11.5 Å². The van der Waals surface area contributed by atoms with Gasteiger partial charge in [0.05, 0.1) is 16.1 Å². The van der Waals surface area contributed by atoms with Gasteiger partial charge in [-0.05, 0) is 18.8 Å². The third-order valence-electron chi connectivity index (χ3n) is 3.41. The van der Waals surface area contributed by atoms with E-state index in [1.54, 1.807) is 0 Å². The molecule has 1 fully saturated rings. The van der Waals surface area contributed by atoms with Gasteiger partial charge in [0.15, 0.2) is 5.78 Å². The summed E-state index contributed by atoms with van der Waals surface area (Å²) >= 11 is 1.22. The van der Waals surface area contributed by atoms with E-state index < -0.39 is 5.91 Å². The molecule has 2 atom stereocenters. The quantitative estimate of drug-likeness (QED) is 0.696. The first-order valence-electron chi connectivity index (χ1n) is 6.45. The third kappa shape index (κ3) is 2.73. The van der Waals surface area contributed by atoms with Crippen molar-refractivity contribution in [3.8, 4) is 0 Å². The van der Waals surface area contributed by atoms with Gasteiger partial charge in [-0.1, -0.05) is 13.3 Å². The molecule has 0 aliphatic heterocycles. The van der Waals surface area contributed by atoms with E-state index >= 15 is 0 Å². The Labute approximate surface area is 116 Å². The molecule has 1 aromatic rings. The fourth-order valence-electron chi connectivity index (χ4n) is 2.33. The normalized spacial score (nSPS) is 21.2. The Bertz CT molecular complexity index is 524. The zero-order valence-electron chi connectivity index (χ0n) is 11.2. The Morgan fingerprint density at radius 2 is 2.16 bits per heavy atom. The van der Waals surface area contributed by atoms with Crippen LogP contribution < -0.4 is 16.8 Å². The monoisotopic (exact) mass is 281 g/mol. The number of carbonyl (C=O) groups excluding carboxylic acids is 2. The van der Waals surface area contributed by atoms with Gasteiger partial charge in [-0.3, -0.25) is 9.59 Å². The SMILES string of the molecule is CCCC1CC1Nc1sc(C(C)=O)c(N)c1C(N)=O. The first-order valence-corrected chi connectivity index (χ1v) is 7.26.